The quantitative estimate of drug-likeness (QED) is 0.878. The summed E-state index contributed by atoms with van der Waals surface area (Å²) in [5.74, 6) is -0.638. The molecule has 2 rings (SSSR count). The first kappa shape index (κ1) is 17.1. The minimum Gasteiger partial charge on any atom is -0.375 e. The number of alkyl halides is 3. The van der Waals surface area contributed by atoms with Gasteiger partial charge in [-0.05, 0) is 30.3 Å². The van der Waals surface area contributed by atoms with Crippen molar-refractivity contribution in [1.82, 2.24) is 0 Å². The van der Waals surface area contributed by atoms with Gasteiger partial charge in [0.15, 0.2) is 0 Å². The summed E-state index contributed by atoms with van der Waals surface area (Å²) in [6.45, 7) is 0. The van der Waals surface area contributed by atoms with E-state index in [0.717, 1.165) is 12.1 Å². The van der Waals surface area contributed by atoms with E-state index < -0.39 is 17.6 Å². The van der Waals surface area contributed by atoms with Crippen molar-refractivity contribution in [3.63, 3.8) is 0 Å². The minimum absolute atomic E-state index is 0.0792. The predicted octanol–water partition coefficient (Wildman–Crippen LogP) is 4.68. The summed E-state index contributed by atoms with van der Waals surface area (Å²) in [7, 11) is 3.50. The van der Waals surface area contributed by atoms with Gasteiger partial charge in [-0.15, -0.1) is 0 Å². The SMILES string of the molecule is CN(C)c1c(Cl)cccc1NC(=O)c1cccc(C(F)(F)F)c1. The lowest BCUT2D eigenvalue weighted by Crippen LogP contribution is -2.17. The number of halogens is 4. The number of nitrogens with one attached hydrogen (secondary N) is 1. The van der Waals surface area contributed by atoms with E-state index in [9.17, 15) is 18.0 Å². The van der Waals surface area contributed by atoms with Crippen LogP contribution < -0.4 is 10.2 Å². The third-order valence-electron chi connectivity index (χ3n) is 3.13. The van der Waals surface area contributed by atoms with E-state index in [-0.39, 0.29) is 5.56 Å². The summed E-state index contributed by atoms with van der Waals surface area (Å²) in [5.41, 5.74) is 0.0491. The van der Waals surface area contributed by atoms with Crippen LogP contribution in [0.4, 0.5) is 24.5 Å². The minimum atomic E-state index is -4.50. The smallest absolute Gasteiger partial charge is 0.375 e. The summed E-state index contributed by atoms with van der Waals surface area (Å²) in [6, 6.07) is 9.20. The topological polar surface area (TPSA) is 32.3 Å². The van der Waals surface area contributed by atoms with E-state index in [1.165, 1.54) is 12.1 Å². The molecule has 0 radical (unpaired) electrons. The first-order valence-corrected chi connectivity index (χ1v) is 7.02. The number of hydrogen-bond donors (Lipinski definition) is 1. The monoisotopic (exact) mass is 342 g/mol. The number of carbonyl (C=O) groups excluding carboxylic acids is 1. The molecule has 0 aliphatic heterocycles. The molecule has 1 amide bonds. The van der Waals surface area contributed by atoms with Gasteiger partial charge in [-0.3, -0.25) is 4.79 Å². The second-order valence-corrected chi connectivity index (χ2v) is 5.47. The van der Waals surface area contributed by atoms with E-state index >= 15 is 0 Å². The molecule has 2 aromatic carbocycles. The zero-order valence-electron chi connectivity index (χ0n) is 12.4. The van der Waals surface area contributed by atoms with Crippen LogP contribution in [0.15, 0.2) is 42.5 Å². The first-order valence-electron chi connectivity index (χ1n) is 6.64. The Bertz CT molecular complexity index is 730. The molecular formula is C16H14ClF3N2O. The molecule has 0 aliphatic rings. The van der Waals surface area contributed by atoms with Gasteiger partial charge in [0.05, 0.1) is 22.0 Å². The van der Waals surface area contributed by atoms with Crippen molar-refractivity contribution < 1.29 is 18.0 Å². The molecule has 3 nitrogen and oxygen atoms in total. The van der Waals surface area contributed by atoms with Gasteiger partial charge in [-0.25, -0.2) is 0 Å². The fourth-order valence-corrected chi connectivity index (χ4v) is 2.45. The zero-order chi connectivity index (χ0) is 17.2. The van der Waals surface area contributed by atoms with Crippen LogP contribution in [-0.2, 0) is 6.18 Å². The van der Waals surface area contributed by atoms with Crippen LogP contribution in [0.2, 0.25) is 5.02 Å². The molecule has 7 heteroatoms. The molecule has 2 aromatic rings. The van der Waals surface area contributed by atoms with E-state index in [4.69, 9.17) is 11.6 Å². The molecule has 0 aliphatic carbocycles. The van der Waals surface area contributed by atoms with Gasteiger partial charge in [0.25, 0.3) is 5.91 Å². The fraction of sp³-hybridized carbons (Fsp3) is 0.188. The largest absolute Gasteiger partial charge is 0.416 e. The summed E-state index contributed by atoms with van der Waals surface area (Å²) in [4.78, 5) is 14.0. The van der Waals surface area contributed by atoms with E-state index in [0.29, 0.717) is 16.4 Å². The number of benzene rings is 2. The number of rotatable bonds is 3. The van der Waals surface area contributed by atoms with E-state index in [1.807, 2.05) is 0 Å². The Balaban J connectivity index is 2.32. The highest BCUT2D eigenvalue weighted by molar-refractivity contribution is 6.34. The molecule has 122 valence electrons. The molecule has 0 fully saturated rings. The highest BCUT2D eigenvalue weighted by atomic mass is 35.5. The molecule has 0 unspecified atom stereocenters. The third-order valence-corrected chi connectivity index (χ3v) is 3.44. The van der Waals surface area contributed by atoms with Crippen LogP contribution in [0.3, 0.4) is 0 Å². The lowest BCUT2D eigenvalue weighted by Gasteiger charge is -2.19. The van der Waals surface area contributed by atoms with Crippen molar-refractivity contribution in [3.8, 4) is 0 Å². The molecule has 0 bridgehead atoms. The van der Waals surface area contributed by atoms with Gasteiger partial charge in [0.1, 0.15) is 0 Å². The van der Waals surface area contributed by atoms with Crippen molar-refractivity contribution in [3.05, 3.63) is 58.6 Å². The maximum atomic E-state index is 12.7. The Labute approximate surface area is 136 Å². The van der Waals surface area contributed by atoms with Crippen LogP contribution >= 0.6 is 11.6 Å². The Hall–Kier alpha value is -2.21. The number of para-hydroxylation sites is 1. The van der Waals surface area contributed by atoms with Crippen molar-refractivity contribution in [2.75, 3.05) is 24.3 Å². The molecule has 23 heavy (non-hydrogen) atoms. The van der Waals surface area contributed by atoms with Crippen LogP contribution in [0.1, 0.15) is 15.9 Å². The summed E-state index contributed by atoms with van der Waals surface area (Å²) in [6.07, 6.45) is -4.50. The lowest BCUT2D eigenvalue weighted by atomic mass is 10.1. The van der Waals surface area contributed by atoms with E-state index in [2.05, 4.69) is 5.32 Å². The highest BCUT2D eigenvalue weighted by Crippen LogP contribution is 2.33. The van der Waals surface area contributed by atoms with Crippen LogP contribution in [0, 0.1) is 0 Å². The number of anilines is 2. The lowest BCUT2D eigenvalue weighted by molar-refractivity contribution is -0.137. The average Bonchev–Trinajstić information content (AvgIpc) is 2.46. The molecule has 0 heterocycles. The Kier molecular flexibility index (Phi) is 4.85. The van der Waals surface area contributed by atoms with Crippen molar-refractivity contribution in [1.29, 1.82) is 0 Å². The number of carbonyl (C=O) groups is 1. The first-order chi connectivity index (χ1) is 10.7. The summed E-state index contributed by atoms with van der Waals surface area (Å²) in [5, 5.41) is 3.02. The number of nitrogens with zero attached hydrogens (tertiary/aromatic N) is 1. The summed E-state index contributed by atoms with van der Waals surface area (Å²) >= 11 is 6.10. The molecule has 1 N–H and O–H groups in total. The highest BCUT2D eigenvalue weighted by Gasteiger charge is 2.31. The van der Waals surface area contributed by atoms with Gasteiger partial charge in [-0.1, -0.05) is 23.7 Å². The maximum Gasteiger partial charge on any atom is 0.416 e. The van der Waals surface area contributed by atoms with E-state index in [1.54, 1.807) is 37.2 Å². The van der Waals surface area contributed by atoms with Crippen LogP contribution in [0.5, 0.6) is 0 Å². The van der Waals surface area contributed by atoms with Gasteiger partial charge in [0.2, 0.25) is 0 Å². The van der Waals surface area contributed by atoms with Crippen LogP contribution in [-0.4, -0.2) is 20.0 Å². The molecule has 0 spiro atoms. The molecule has 0 saturated carbocycles. The van der Waals surface area contributed by atoms with Crippen molar-refractivity contribution in [2.24, 2.45) is 0 Å². The second kappa shape index (κ2) is 6.50. The Morgan fingerprint density at radius 1 is 1.13 bits per heavy atom. The molecular weight excluding hydrogens is 329 g/mol. The van der Waals surface area contributed by atoms with Crippen molar-refractivity contribution in [2.45, 2.75) is 6.18 Å². The number of amides is 1. The molecule has 0 saturated heterocycles. The molecule has 0 aromatic heterocycles. The number of hydrogen-bond acceptors (Lipinski definition) is 2. The Morgan fingerprint density at radius 3 is 2.39 bits per heavy atom. The van der Waals surface area contributed by atoms with Gasteiger partial charge >= 0.3 is 6.18 Å². The van der Waals surface area contributed by atoms with Gasteiger partial charge in [0, 0.05) is 19.7 Å². The standard InChI is InChI=1S/C16H14ClF3N2O/c1-22(2)14-12(17)7-4-8-13(14)21-15(23)10-5-3-6-11(9-10)16(18,19)20/h3-9H,1-2H3,(H,21,23). The van der Waals surface area contributed by atoms with Gasteiger partial charge in [-0.2, -0.15) is 13.2 Å². The normalized spacial score (nSPS) is 11.2. The molecule has 0 atom stereocenters. The Morgan fingerprint density at radius 2 is 1.78 bits per heavy atom. The average molecular weight is 343 g/mol. The van der Waals surface area contributed by atoms with Gasteiger partial charge < -0.3 is 10.2 Å². The summed E-state index contributed by atoms with van der Waals surface area (Å²) < 4.78 is 38.2. The fourth-order valence-electron chi connectivity index (χ4n) is 2.10. The predicted molar refractivity (Wildman–Crippen MR) is 85.2 cm³/mol. The van der Waals surface area contributed by atoms with Crippen LogP contribution in [0.25, 0.3) is 0 Å². The third kappa shape index (κ3) is 3.96. The van der Waals surface area contributed by atoms with Crippen molar-refractivity contribution >= 4 is 28.9 Å². The second-order valence-electron chi connectivity index (χ2n) is 5.06. The maximum absolute atomic E-state index is 12.7. The zero-order valence-corrected chi connectivity index (χ0v) is 13.2.